The number of amides is 7. The molecule has 1 aromatic rings. The summed E-state index contributed by atoms with van der Waals surface area (Å²) in [5.74, 6) is -11.1. The van der Waals surface area contributed by atoms with Crippen LogP contribution < -0.4 is 37.2 Å². The fourth-order valence-electron chi connectivity index (χ4n) is 13.7. The number of benzene rings is 1. The Bertz CT molecular complexity index is 3790. The molecule has 7 amide bonds. The monoisotopic (exact) mass is 1920 g/mol. The molecule has 758 valence electrons. The highest BCUT2D eigenvalue weighted by Gasteiger charge is 2.55. The minimum atomic E-state index is -1.30. The largest absolute Gasteiger partial charge is 0.463 e. The number of hydrogen-bond donors (Lipinski definition) is 7. The standard InChI is InChI=1S/C87H135N7O40/c1-53(95)90-74-80(129-62(10)104)77(126-59(7)101)68(47-122-56(4)98)132-85(74)119-33-25-16-14-13-15-24-32-116-52-73(109)93-66(28-20-22-30-88-71(107)50-117-40-38-112-34-36-114-42-44-120-86-75(91-54(2)96)81(130-63(11)105)78(127-60(8)102)69(133-86)48-123-57(5)99)83(110)94-67(84(111)125-46-65-26-18-17-19-27-65)29-21-23-31-89-72(108)51-118-41-39-113-35-37-115-43-45-121-87-76(92-55(3)97)82(131-64(12)106)79(128-61(9)103)70(134-87)49-124-58(6)100/h17-19,26-27,66-70,74-82,85-87H,13-16,20-25,28-52H2,1-12H3,(H,88,107)(H,89,108)(H,90,95)(H,91,96)(H,92,97)(H,93,109)(H,94,110)/t66-,67-,68+,69+,70+,74+,75+,76+,77-,78-,79-,80+,81+,82+,85+,86+,87+/m0/s1. The molecule has 3 saturated heterocycles. The van der Waals surface area contributed by atoms with Gasteiger partial charge in [-0.2, -0.15) is 0 Å². The zero-order valence-electron chi connectivity index (χ0n) is 78.3. The molecule has 4 rings (SSSR count). The van der Waals surface area contributed by atoms with Crippen molar-refractivity contribution in [1.29, 1.82) is 0 Å². The van der Waals surface area contributed by atoms with E-state index in [0.29, 0.717) is 50.5 Å². The van der Waals surface area contributed by atoms with Crippen molar-refractivity contribution in [3.8, 4) is 0 Å². The minimum Gasteiger partial charge on any atom is -0.463 e. The summed E-state index contributed by atoms with van der Waals surface area (Å²) in [5, 5.41) is 18.9. The molecule has 0 unspecified atom stereocenters. The second-order valence-electron chi connectivity index (χ2n) is 31.0. The number of esters is 10. The van der Waals surface area contributed by atoms with Crippen molar-refractivity contribution in [1.82, 2.24) is 37.2 Å². The second kappa shape index (κ2) is 67.0. The number of hydrogen-bond acceptors (Lipinski definition) is 40. The Balaban J connectivity index is 1.28. The van der Waals surface area contributed by atoms with E-state index in [1.165, 1.54) is 27.7 Å². The molecule has 47 nitrogen and oxygen atoms in total. The first-order valence-corrected chi connectivity index (χ1v) is 44.5. The highest BCUT2D eigenvalue weighted by Crippen LogP contribution is 2.32. The molecule has 17 atom stereocenters. The fourth-order valence-corrected chi connectivity index (χ4v) is 13.7. The summed E-state index contributed by atoms with van der Waals surface area (Å²) in [4.78, 5) is 213. The van der Waals surface area contributed by atoms with Crippen molar-refractivity contribution in [3.63, 3.8) is 0 Å². The van der Waals surface area contributed by atoms with Gasteiger partial charge in [0, 0.05) is 109 Å². The molecule has 0 aliphatic carbocycles. The van der Waals surface area contributed by atoms with Gasteiger partial charge in [0.15, 0.2) is 55.5 Å². The molecule has 3 aliphatic heterocycles. The highest BCUT2D eigenvalue weighted by molar-refractivity contribution is 5.91. The van der Waals surface area contributed by atoms with Gasteiger partial charge in [0.25, 0.3) is 0 Å². The van der Waals surface area contributed by atoms with E-state index >= 15 is 0 Å². The molecule has 0 radical (unpaired) electrons. The van der Waals surface area contributed by atoms with E-state index in [-0.39, 0.29) is 151 Å². The maximum absolute atomic E-state index is 14.4. The van der Waals surface area contributed by atoms with E-state index in [1.54, 1.807) is 30.3 Å². The van der Waals surface area contributed by atoms with E-state index in [0.717, 1.165) is 68.2 Å². The Hall–Kier alpha value is -10.3. The van der Waals surface area contributed by atoms with Gasteiger partial charge in [0.05, 0.1) is 79.3 Å². The summed E-state index contributed by atoms with van der Waals surface area (Å²) < 4.78 is 129. The summed E-state index contributed by atoms with van der Waals surface area (Å²) in [6, 6.07) is 2.99. The first-order chi connectivity index (χ1) is 64.0. The van der Waals surface area contributed by atoms with Crippen LogP contribution in [0.25, 0.3) is 0 Å². The maximum atomic E-state index is 14.4. The molecule has 3 fully saturated rings. The van der Waals surface area contributed by atoms with Gasteiger partial charge in [-0.05, 0) is 56.9 Å². The van der Waals surface area contributed by atoms with Gasteiger partial charge >= 0.3 is 59.7 Å². The number of carbonyl (C=O) groups is 17. The van der Waals surface area contributed by atoms with Crippen LogP contribution in [0.4, 0.5) is 0 Å². The second-order valence-corrected chi connectivity index (χ2v) is 31.0. The predicted octanol–water partition coefficient (Wildman–Crippen LogP) is -0.253. The van der Waals surface area contributed by atoms with E-state index in [9.17, 15) is 81.5 Å². The van der Waals surface area contributed by atoms with Crippen molar-refractivity contribution < 1.29 is 190 Å². The van der Waals surface area contributed by atoms with E-state index in [1.807, 2.05) is 0 Å². The van der Waals surface area contributed by atoms with Crippen molar-refractivity contribution >= 4 is 101 Å². The zero-order valence-corrected chi connectivity index (χ0v) is 78.3. The molecule has 0 aromatic heterocycles. The van der Waals surface area contributed by atoms with Crippen LogP contribution in [0.1, 0.15) is 166 Å². The summed E-state index contributed by atoms with van der Waals surface area (Å²) in [7, 11) is 0. The predicted molar refractivity (Wildman–Crippen MR) is 457 cm³/mol. The third kappa shape index (κ3) is 50.3. The van der Waals surface area contributed by atoms with Crippen molar-refractivity contribution in [2.75, 3.05) is 145 Å². The summed E-state index contributed by atoms with van der Waals surface area (Å²) in [5.41, 5.74) is 0.675. The maximum Gasteiger partial charge on any atom is 0.328 e. The van der Waals surface area contributed by atoms with Gasteiger partial charge in [0.2, 0.25) is 41.4 Å². The lowest BCUT2D eigenvalue weighted by atomic mass is 9.96. The van der Waals surface area contributed by atoms with Gasteiger partial charge < -0.3 is 146 Å². The van der Waals surface area contributed by atoms with Gasteiger partial charge in [0.1, 0.15) is 94.8 Å². The number of rotatable bonds is 67. The molecular weight excluding hydrogens is 1780 g/mol. The summed E-state index contributed by atoms with van der Waals surface area (Å²) in [6.07, 6.45) is -9.49. The topological polar surface area (TPSA) is 587 Å². The van der Waals surface area contributed by atoms with Crippen molar-refractivity contribution in [2.24, 2.45) is 0 Å². The van der Waals surface area contributed by atoms with Gasteiger partial charge in [-0.15, -0.1) is 0 Å². The molecule has 1 aromatic carbocycles. The van der Waals surface area contributed by atoms with Crippen LogP contribution >= 0.6 is 0 Å². The third-order valence-electron chi connectivity index (χ3n) is 19.3. The van der Waals surface area contributed by atoms with Crippen LogP contribution in [0.2, 0.25) is 0 Å². The number of nitrogens with one attached hydrogen (secondary N) is 7. The fraction of sp³-hybridized carbons (Fsp3) is 0.736. The Morgan fingerprint density at radius 2 is 0.619 bits per heavy atom. The van der Waals surface area contributed by atoms with Crippen LogP contribution in [0.15, 0.2) is 30.3 Å². The van der Waals surface area contributed by atoms with Crippen LogP contribution in [0.5, 0.6) is 0 Å². The smallest absolute Gasteiger partial charge is 0.328 e. The normalized spacial score (nSPS) is 21.7. The molecule has 3 aliphatic rings. The molecular formula is C87H135N7O40. The van der Waals surface area contributed by atoms with Crippen LogP contribution in [-0.2, 0) is 197 Å². The summed E-state index contributed by atoms with van der Waals surface area (Å²) in [6.45, 7) is 12.7. The van der Waals surface area contributed by atoms with E-state index < -0.39 is 225 Å². The Morgan fingerprint density at radius 3 is 0.978 bits per heavy atom. The minimum absolute atomic E-state index is 0.000964. The highest BCUT2D eigenvalue weighted by atomic mass is 16.7. The lowest BCUT2D eigenvalue weighted by Crippen LogP contribution is -2.66. The lowest BCUT2D eigenvalue weighted by molar-refractivity contribution is -0.279. The quantitative estimate of drug-likeness (QED) is 0.0251. The van der Waals surface area contributed by atoms with Gasteiger partial charge in [-0.25, -0.2) is 4.79 Å². The number of unbranched alkanes of at least 4 members (excludes halogenated alkanes) is 7. The first kappa shape index (κ1) is 116. The lowest BCUT2D eigenvalue weighted by Gasteiger charge is -2.44. The molecule has 0 bridgehead atoms. The molecule has 134 heavy (non-hydrogen) atoms. The van der Waals surface area contributed by atoms with Crippen LogP contribution in [0, 0.1) is 0 Å². The molecule has 7 N–H and O–H groups in total. The first-order valence-electron chi connectivity index (χ1n) is 44.5. The molecule has 0 saturated carbocycles. The van der Waals surface area contributed by atoms with Gasteiger partial charge in [-0.1, -0.05) is 56.0 Å². The van der Waals surface area contributed by atoms with Gasteiger partial charge in [-0.3, -0.25) is 76.7 Å². The number of ether oxygens (including phenoxy) is 23. The third-order valence-corrected chi connectivity index (χ3v) is 19.3. The number of carbonyl (C=O) groups excluding carboxylic acids is 17. The average molecular weight is 1920 g/mol. The van der Waals surface area contributed by atoms with E-state index in [2.05, 4.69) is 37.2 Å². The molecule has 47 heteroatoms. The average Bonchev–Trinajstić information content (AvgIpc) is 0.794. The van der Waals surface area contributed by atoms with Crippen molar-refractivity contribution in [2.45, 2.75) is 271 Å². The Morgan fingerprint density at radius 1 is 0.306 bits per heavy atom. The SMILES string of the molecule is CC(=O)N[C@H]1[C@H](OCCCCCCCCOCC(=O)N[C@@H](CCCCNC(=O)COCCOCCOCCO[C@@H]2O[C@H](COC(C)=O)[C@H](OC(C)=O)[C@H](OC(C)=O)[C@H]2NC(C)=O)C(=O)N[C@@H](CCCCNC(=O)COCCOCCOCCO[C@@H]2O[C@H](COC(C)=O)[C@H](OC(C)=O)[C@H](OC(C)=O)[C@H]2NC(C)=O)C(=O)OCc2ccccc2)O[C@H](COC(C)=O)[C@H](OC(C)=O)[C@@H]1OC(C)=O. The summed E-state index contributed by atoms with van der Waals surface area (Å²) >= 11 is 0. The zero-order chi connectivity index (χ0) is 98.7. The van der Waals surface area contributed by atoms with E-state index in [4.69, 9.17) is 109 Å². The Labute approximate surface area is 777 Å². The van der Waals surface area contributed by atoms with Crippen molar-refractivity contribution in [3.05, 3.63) is 35.9 Å². The molecule has 0 spiro atoms. The Kier molecular flexibility index (Phi) is 58.0. The van der Waals surface area contributed by atoms with Crippen LogP contribution in [0.3, 0.4) is 0 Å². The molecule has 3 heterocycles. The van der Waals surface area contributed by atoms with Crippen LogP contribution in [-0.4, -0.2) is 350 Å².